The predicted octanol–water partition coefficient (Wildman–Crippen LogP) is 2.26. The molecule has 0 bridgehead atoms. The van der Waals surface area contributed by atoms with Crippen LogP contribution in [-0.2, 0) is 19.8 Å². The third-order valence-corrected chi connectivity index (χ3v) is 3.16. The first-order valence-electron chi connectivity index (χ1n) is 6.40. The van der Waals surface area contributed by atoms with Crippen LogP contribution in [0.5, 0.6) is 0 Å². The van der Waals surface area contributed by atoms with E-state index < -0.39 is 17.8 Å². The molecule has 0 amide bonds. The molecule has 0 saturated carbocycles. The summed E-state index contributed by atoms with van der Waals surface area (Å²) in [6.45, 7) is 0.708. The molecule has 2 rings (SSSR count). The Balaban J connectivity index is 1.88. The first-order chi connectivity index (χ1) is 9.88. The van der Waals surface area contributed by atoms with E-state index in [4.69, 9.17) is 0 Å². The van der Waals surface area contributed by atoms with Gasteiger partial charge in [-0.3, -0.25) is 0 Å². The van der Waals surface area contributed by atoms with Crippen molar-refractivity contribution < 1.29 is 18.3 Å². The number of hydrogen-bond acceptors (Lipinski definition) is 3. The minimum absolute atomic E-state index is 0.234. The van der Waals surface area contributed by atoms with Crippen molar-refractivity contribution in [2.24, 2.45) is 7.05 Å². The maximum atomic E-state index is 12.4. The molecule has 1 atom stereocenters. The lowest BCUT2D eigenvalue weighted by atomic mass is 10.1. The van der Waals surface area contributed by atoms with E-state index >= 15 is 0 Å². The average Bonchev–Trinajstić information content (AvgIpc) is 2.83. The smallest absolute Gasteiger partial charge is 0.387 e. The second-order valence-corrected chi connectivity index (χ2v) is 4.72. The summed E-state index contributed by atoms with van der Waals surface area (Å²) in [7, 11) is 1.86. The molecule has 0 aliphatic heterocycles. The van der Waals surface area contributed by atoms with E-state index in [9.17, 15) is 18.3 Å². The molecular weight excluding hydrogens is 283 g/mol. The summed E-state index contributed by atoms with van der Waals surface area (Å²) in [5.41, 5.74) is -0.283. The van der Waals surface area contributed by atoms with Gasteiger partial charge in [0.15, 0.2) is 0 Å². The quantitative estimate of drug-likeness (QED) is 0.890. The molecule has 1 aromatic carbocycles. The van der Waals surface area contributed by atoms with Gasteiger partial charge in [0.25, 0.3) is 0 Å². The Morgan fingerprint density at radius 1 is 1.29 bits per heavy atom. The fourth-order valence-corrected chi connectivity index (χ4v) is 1.90. The zero-order valence-corrected chi connectivity index (χ0v) is 11.4. The Morgan fingerprint density at radius 2 is 1.95 bits per heavy atom. The minimum Gasteiger partial charge on any atom is -0.387 e. The molecule has 0 unspecified atom stereocenters. The number of halogens is 3. The van der Waals surface area contributed by atoms with Crippen LogP contribution in [-0.4, -0.2) is 21.2 Å². The summed E-state index contributed by atoms with van der Waals surface area (Å²) in [6.07, 6.45) is -1.75. The number of aromatic nitrogens is 2. The summed E-state index contributed by atoms with van der Waals surface area (Å²) < 4.78 is 39.1. The van der Waals surface area contributed by atoms with Gasteiger partial charge in [0, 0.05) is 26.0 Å². The monoisotopic (exact) mass is 299 g/mol. The van der Waals surface area contributed by atoms with Crippen molar-refractivity contribution in [3.05, 3.63) is 53.6 Å². The molecule has 0 aliphatic rings. The van der Waals surface area contributed by atoms with Gasteiger partial charge in [-0.1, -0.05) is 12.1 Å². The number of nitrogens with zero attached hydrogens (tertiary/aromatic N) is 2. The number of benzene rings is 1. The normalized spacial score (nSPS) is 13.4. The number of rotatable bonds is 5. The van der Waals surface area contributed by atoms with Crippen LogP contribution in [0.3, 0.4) is 0 Å². The molecule has 0 aliphatic carbocycles. The largest absolute Gasteiger partial charge is 0.416 e. The summed E-state index contributed by atoms with van der Waals surface area (Å²) in [5, 5.41) is 13.0. The highest BCUT2D eigenvalue weighted by molar-refractivity contribution is 5.26. The Bertz CT molecular complexity index is 578. The summed E-state index contributed by atoms with van der Waals surface area (Å²) in [6, 6.07) is 4.51. The molecule has 0 spiro atoms. The van der Waals surface area contributed by atoms with Crippen LogP contribution in [0.4, 0.5) is 13.2 Å². The second kappa shape index (κ2) is 6.28. The molecule has 2 N–H and O–H groups in total. The van der Waals surface area contributed by atoms with E-state index in [0.717, 1.165) is 18.0 Å². The van der Waals surface area contributed by atoms with Crippen molar-refractivity contribution in [2.75, 3.05) is 6.54 Å². The van der Waals surface area contributed by atoms with Crippen molar-refractivity contribution in [2.45, 2.75) is 18.8 Å². The molecule has 7 heteroatoms. The van der Waals surface area contributed by atoms with Crippen molar-refractivity contribution in [1.29, 1.82) is 0 Å². The van der Waals surface area contributed by atoms with Crippen LogP contribution in [0.25, 0.3) is 0 Å². The van der Waals surface area contributed by atoms with Crippen molar-refractivity contribution in [1.82, 2.24) is 14.9 Å². The van der Waals surface area contributed by atoms with E-state index in [0.29, 0.717) is 12.1 Å². The fourth-order valence-electron chi connectivity index (χ4n) is 1.90. The number of aryl methyl sites for hydroxylation is 1. The highest BCUT2D eigenvalue weighted by Crippen LogP contribution is 2.29. The summed E-state index contributed by atoms with van der Waals surface area (Å²) in [5.74, 6) is 0.814. The Hall–Kier alpha value is -1.86. The summed E-state index contributed by atoms with van der Waals surface area (Å²) in [4.78, 5) is 4.12. The SMILES string of the molecule is Cn1ccnc1CNC[C@@H](O)c1ccc(C(F)(F)F)cc1. The number of aliphatic hydroxyl groups is 1. The van der Waals surface area contributed by atoms with Crippen LogP contribution >= 0.6 is 0 Å². The molecular formula is C14H16F3N3O. The molecule has 114 valence electrons. The van der Waals surface area contributed by atoms with Crippen LogP contribution in [0.2, 0.25) is 0 Å². The Kier molecular flexibility index (Phi) is 4.64. The van der Waals surface area contributed by atoms with E-state index in [-0.39, 0.29) is 6.54 Å². The minimum atomic E-state index is -4.36. The second-order valence-electron chi connectivity index (χ2n) is 4.72. The van der Waals surface area contributed by atoms with Gasteiger partial charge in [-0.25, -0.2) is 4.98 Å². The summed E-state index contributed by atoms with van der Waals surface area (Å²) >= 11 is 0. The lowest BCUT2D eigenvalue weighted by molar-refractivity contribution is -0.137. The first kappa shape index (κ1) is 15.5. The third-order valence-electron chi connectivity index (χ3n) is 3.16. The Morgan fingerprint density at radius 3 is 2.48 bits per heavy atom. The molecule has 4 nitrogen and oxygen atoms in total. The van der Waals surface area contributed by atoms with Gasteiger partial charge in [0.1, 0.15) is 5.82 Å². The van der Waals surface area contributed by atoms with Gasteiger partial charge in [-0.15, -0.1) is 0 Å². The highest BCUT2D eigenvalue weighted by Gasteiger charge is 2.30. The van der Waals surface area contributed by atoms with Crippen molar-refractivity contribution in [3.8, 4) is 0 Å². The van der Waals surface area contributed by atoms with Crippen LogP contribution in [0.1, 0.15) is 23.1 Å². The lowest BCUT2D eigenvalue weighted by Crippen LogP contribution is -2.22. The maximum Gasteiger partial charge on any atom is 0.416 e. The topological polar surface area (TPSA) is 50.1 Å². The number of imidazole rings is 1. The lowest BCUT2D eigenvalue weighted by Gasteiger charge is -2.13. The van der Waals surface area contributed by atoms with Crippen molar-refractivity contribution in [3.63, 3.8) is 0 Å². The maximum absolute atomic E-state index is 12.4. The number of aliphatic hydroxyl groups excluding tert-OH is 1. The molecule has 1 aromatic heterocycles. The van der Waals surface area contributed by atoms with Crippen molar-refractivity contribution >= 4 is 0 Å². The molecule has 2 aromatic rings. The van der Waals surface area contributed by atoms with Gasteiger partial charge >= 0.3 is 6.18 Å². The van der Waals surface area contributed by atoms with E-state index in [2.05, 4.69) is 10.3 Å². The standard InChI is InChI=1S/C14H16F3N3O/c1-20-7-6-19-13(20)9-18-8-12(21)10-2-4-11(5-3-10)14(15,16)17/h2-7,12,18,21H,8-9H2,1H3/t12-/m1/s1. The number of hydrogen-bond donors (Lipinski definition) is 2. The predicted molar refractivity (Wildman–Crippen MR) is 71.3 cm³/mol. The average molecular weight is 299 g/mol. The fraction of sp³-hybridized carbons (Fsp3) is 0.357. The van der Waals surface area contributed by atoms with Gasteiger partial charge in [0.05, 0.1) is 18.2 Å². The molecule has 0 radical (unpaired) electrons. The van der Waals surface area contributed by atoms with E-state index in [1.807, 2.05) is 17.8 Å². The highest BCUT2D eigenvalue weighted by atomic mass is 19.4. The Labute approximate surface area is 120 Å². The zero-order valence-electron chi connectivity index (χ0n) is 11.4. The first-order valence-corrected chi connectivity index (χ1v) is 6.40. The van der Waals surface area contributed by atoms with E-state index in [1.165, 1.54) is 12.1 Å². The van der Waals surface area contributed by atoms with Crippen LogP contribution in [0, 0.1) is 0 Å². The number of nitrogens with one attached hydrogen (secondary N) is 1. The van der Waals surface area contributed by atoms with Crippen LogP contribution < -0.4 is 5.32 Å². The van der Waals surface area contributed by atoms with Crippen LogP contribution in [0.15, 0.2) is 36.7 Å². The molecule has 21 heavy (non-hydrogen) atoms. The van der Waals surface area contributed by atoms with Gasteiger partial charge < -0.3 is 15.0 Å². The zero-order chi connectivity index (χ0) is 15.5. The number of alkyl halides is 3. The third kappa shape index (κ3) is 4.05. The van der Waals surface area contributed by atoms with E-state index in [1.54, 1.807) is 6.20 Å². The molecule has 0 fully saturated rings. The molecule has 0 saturated heterocycles. The molecule has 1 heterocycles. The van der Waals surface area contributed by atoms with Gasteiger partial charge in [-0.2, -0.15) is 13.2 Å². The van der Waals surface area contributed by atoms with Gasteiger partial charge in [0.2, 0.25) is 0 Å². The van der Waals surface area contributed by atoms with Gasteiger partial charge in [-0.05, 0) is 17.7 Å².